The molecular weight excluding hydrogens is 320 g/mol. The van der Waals surface area contributed by atoms with Crippen molar-refractivity contribution in [2.75, 3.05) is 13.1 Å². The maximum Gasteiger partial charge on any atom is 0.244 e. The minimum atomic E-state index is -3.57. The average molecular weight is 345 g/mol. The van der Waals surface area contributed by atoms with E-state index < -0.39 is 10.0 Å². The van der Waals surface area contributed by atoms with Crippen LogP contribution < -0.4 is 5.73 Å². The Morgan fingerprint density at radius 2 is 2.00 bits per heavy atom. The fraction of sp³-hybridized carbons (Fsp3) is 0.625. The zero-order chi connectivity index (χ0) is 16.5. The number of hydrogen-bond donors (Lipinski definition) is 1. The van der Waals surface area contributed by atoms with Crippen molar-refractivity contribution in [1.29, 1.82) is 0 Å². The molecule has 124 valence electrons. The summed E-state index contributed by atoms with van der Waals surface area (Å²) >= 11 is 6.17. The van der Waals surface area contributed by atoms with Crippen molar-refractivity contribution < 1.29 is 8.42 Å². The Bertz CT molecular complexity index is 629. The van der Waals surface area contributed by atoms with Gasteiger partial charge in [-0.15, -0.1) is 0 Å². The molecule has 1 aliphatic heterocycles. The summed E-state index contributed by atoms with van der Waals surface area (Å²) < 4.78 is 27.4. The lowest BCUT2D eigenvalue weighted by Crippen LogP contribution is -2.45. The third-order valence-electron chi connectivity index (χ3n) is 4.40. The van der Waals surface area contributed by atoms with Crippen molar-refractivity contribution in [3.8, 4) is 0 Å². The molecule has 0 bridgehead atoms. The van der Waals surface area contributed by atoms with Gasteiger partial charge in [0.25, 0.3) is 0 Å². The molecule has 6 heteroatoms. The molecule has 2 atom stereocenters. The lowest BCUT2D eigenvalue weighted by Gasteiger charge is -2.34. The van der Waals surface area contributed by atoms with Crippen LogP contribution in [0.3, 0.4) is 0 Å². The van der Waals surface area contributed by atoms with Gasteiger partial charge in [-0.1, -0.05) is 31.5 Å². The summed E-state index contributed by atoms with van der Waals surface area (Å²) in [7, 11) is -3.57. The minimum absolute atomic E-state index is 0.00419. The second-order valence-corrected chi connectivity index (χ2v) is 8.78. The van der Waals surface area contributed by atoms with Gasteiger partial charge in [-0.3, -0.25) is 0 Å². The average Bonchev–Trinajstić information content (AvgIpc) is 2.47. The van der Waals surface area contributed by atoms with Gasteiger partial charge in [0.05, 0.1) is 5.02 Å². The third-order valence-corrected chi connectivity index (χ3v) is 6.75. The van der Waals surface area contributed by atoms with Crippen molar-refractivity contribution in [2.24, 2.45) is 11.7 Å². The molecule has 0 aliphatic carbocycles. The van der Waals surface area contributed by atoms with Gasteiger partial charge in [-0.25, -0.2) is 8.42 Å². The largest absolute Gasteiger partial charge is 0.328 e. The molecule has 1 aliphatic rings. The first-order valence-electron chi connectivity index (χ1n) is 7.78. The molecule has 1 saturated heterocycles. The minimum Gasteiger partial charge on any atom is -0.328 e. The molecule has 1 fully saturated rings. The molecule has 0 spiro atoms. The standard InChI is InChI=1S/C16H25ClN2O2S/c1-11(2)13-6-7-15(17)16(9-13)22(20,21)19-8-4-5-14(10-19)12(3)18/h6-7,9,11-12,14H,4-5,8,10,18H2,1-3H3. The monoisotopic (exact) mass is 344 g/mol. The number of hydrogen-bond acceptors (Lipinski definition) is 3. The van der Waals surface area contributed by atoms with E-state index in [-0.39, 0.29) is 27.8 Å². The molecule has 1 heterocycles. The SMILES string of the molecule is CC(C)c1ccc(Cl)c(S(=O)(=O)N2CCCC(C(C)N)C2)c1. The fourth-order valence-electron chi connectivity index (χ4n) is 2.84. The highest BCUT2D eigenvalue weighted by atomic mass is 35.5. The molecular formula is C16H25ClN2O2S. The van der Waals surface area contributed by atoms with Crippen LogP contribution in [0.15, 0.2) is 23.1 Å². The molecule has 0 aromatic heterocycles. The van der Waals surface area contributed by atoms with Crippen molar-refractivity contribution in [3.05, 3.63) is 28.8 Å². The quantitative estimate of drug-likeness (QED) is 0.912. The van der Waals surface area contributed by atoms with E-state index in [0.29, 0.717) is 13.1 Å². The lowest BCUT2D eigenvalue weighted by molar-refractivity contribution is 0.243. The van der Waals surface area contributed by atoms with Gasteiger partial charge in [0.15, 0.2) is 0 Å². The number of halogens is 1. The Balaban J connectivity index is 2.36. The summed E-state index contributed by atoms with van der Waals surface area (Å²) in [4.78, 5) is 0.214. The van der Waals surface area contributed by atoms with Gasteiger partial charge in [-0.2, -0.15) is 4.31 Å². The van der Waals surface area contributed by atoms with Crippen LogP contribution in [0.5, 0.6) is 0 Å². The van der Waals surface area contributed by atoms with E-state index in [1.807, 2.05) is 26.8 Å². The van der Waals surface area contributed by atoms with Gasteiger partial charge in [0, 0.05) is 19.1 Å². The molecule has 2 N–H and O–H groups in total. The van der Waals surface area contributed by atoms with Crippen molar-refractivity contribution in [1.82, 2.24) is 4.31 Å². The summed E-state index contributed by atoms with van der Waals surface area (Å²) in [6.07, 6.45) is 1.82. The van der Waals surface area contributed by atoms with E-state index in [0.717, 1.165) is 18.4 Å². The van der Waals surface area contributed by atoms with Crippen LogP contribution in [-0.4, -0.2) is 31.9 Å². The van der Waals surface area contributed by atoms with Crippen LogP contribution in [0.1, 0.15) is 45.1 Å². The Morgan fingerprint density at radius 3 is 2.59 bits per heavy atom. The van der Waals surface area contributed by atoms with E-state index in [2.05, 4.69) is 0 Å². The number of nitrogens with zero attached hydrogens (tertiary/aromatic N) is 1. The topological polar surface area (TPSA) is 63.4 Å². The summed E-state index contributed by atoms with van der Waals surface area (Å²) in [5.41, 5.74) is 6.93. The number of sulfonamides is 1. The second kappa shape index (κ2) is 6.87. The summed E-state index contributed by atoms with van der Waals surface area (Å²) in [5, 5.41) is 0.285. The normalized spacial score (nSPS) is 22.0. The third kappa shape index (κ3) is 3.65. The molecule has 22 heavy (non-hydrogen) atoms. The molecule has 1 aromatic rings. The first-order chi connectivity index (χ1) is 10.2. The number of benzene rings is 1. The van der Waals surface area contributed by atoms with Gasteiger partial charge in [0.2, 0.25) is 10.0 Å². The summed E-state index contributed by atoms with van der Waals surface area (Å²) in [6, 6.07) is 5.26. The van der Waals surface area contributed by atoms with E-state index in [9.17, 15) is 8.42 Å². The molecule has 0 amide bonds. The van der Waals surface area contributed by atoms with Crippen molar-refractivity contribution >= 4 is 21.6 Å². The van der Waals surface area contributed by atoms with Gasteiger partial charge in [-0.05, 0) is 49.3 Å². The van der Waals surface area contributed by atoms with Crippen LogP contribution in [0.25, 0.3) is 0 Å². The highest BCUT2D eigenvalue weighted by Gasteiger charge is 2.33. The van der Waals surface area contributed by atoms with E-state index in [1.54, 1.807) is 12.1 Å². The van der Waals surface area contributed by atoms with Crippen LogP contribution in [0, 0.1) is 5.92 Å². The molecule has 4 nitrogen and oxygen atoms in total. The second-order valence-electron chi connectivity index (χ2n) is 6.47. The summed E-state index contributed by atoms with van der Waals surface area (Å²) in [6.45, 7) is 7.02. The Kier molecular flexibility index (Phi) is 5.54. The van der Waals surface area contributed by atoms with Crippen molar-refractivity contribution in [2.45, 2.75) is 50.5 Å². The van der Waals surface area contributed by atoms with Crippen LogP contribution in [-0.2, 0) is 10.0 Å². The lowest BCUT2D eigenvalue weighted by atomic mass is 9.93. The molecule has 1 aromatic carbocycles. The molecule has 0 radical (unpaired) electrons. The maximum absolute atomic E-state index is 13.0. The van der Waals surface area contributed by atoms with Gasteiger partial charge >= 0.3 is 0 Å². The molecule has 2 unspecified atom stereocenters. The fourth-order valence-corrected chi connectivity index (χ4v) is 4.88. The predicted octanol–water partition coefficient (Wildman–Crippen LogP) is 3.21. The van der Waals surface area contributed by atoms with Crippen LogP contribution >= 0.6 is 11.6 Å². The van der Waals surface area contributed by atoms with Crippen LogP contribution in [0.4, 0.5) is 0 Å². The van der Waals surface area contributed by atoms with Gasteiger partial charge < -0.3 is 5.73 Å². The zero-order valence-corrected chi connectivity index (χ0v) is 15.0. The first kappa shape index (κ1) is 17.7. The van der Waals surface area contributed by atoms with E-state index in [4.69, 9.17) is 17.3 Å². The predicted molar refractivity (Wildman–Crippen MR) is 90.7 cm³/mol. The summed E-state index contributed by atoms with van der Waals surface area (Å²) in [5.74, 6) is 0.458. The Hall–Kier alpha value is -0.620. The van der Waals surface area contributed by atoms with Gasteiger partial charge in [0.1, 0.15) is 4.90 Å². The van der Waals surface area contributed by atoms with E-state index in [1.165, 1.54) is 4.31 Å². The Labute approximate surface area is 138 Å². The van der Waals surface area contributed by atoms with Crippen LogP contribution in [0.2, 0.25) is 5.02 Å². The smallest absolute Gasteiger partial charge is 0.244 e. The maximum atomic E-state index is 13.0. The van der Waals surface area contributed by atoms with E-state index >= 15 is 0 Å². The molecule has 0 saturated carbocycles. The van der Waals surface area contributed by atoms with Crippen molar-refractivity contribution in [3.63, 3.8) is 0 Å². The highest BCUT2D eigenvalue weighted by Crippen LogP contribution is 2.31. The number of rotatable bonds is 4. The highest BCUT2D eigenvalue weighted by molar-refractivity contribution is 7.89. The number of nitrogens with two attached hydrogens (primary N) is 1. The zero-order valence-electron chi connectivity index (χ0n) is 13.4. The number of piperidine rings is 1. The Morgan fingerprint density at radius 1 is 1.32 bits per heavy atom. The molecule has 2 rings (SSSR count). The first-order valence-corrected chi connectivity index (χ1v) is 9.60.